The number of unbranched alkanes of at least 4 members (excludes halogenated alkanes) is 1. The summed E-state index contributed by atoms with van der Waals surface area (Å²) in [7, 11) is 0. The molecule has 0 radical (unpaired) electrons. The van der Waals surface area contributed by atoms with Crippen LogP contribution < -0.4 is 27.2 Å². The Morgan fingerprint density at radius 3 is 2.54 bits per heavy atom. The molecule has 1 heterocycles. The van der Waals surface area contributed by atoms with Gasteiger partial charge < -0.3 is 16.0 Å². The Bertz CT molecular complexity index is 904. The van der Waals surface area contributed by atoms with Crippen molar-refractivity contribution < 1.29 is 4.79 Å². The number of nitrogen functional groups attached to an aromatic ring is 1. The molecule has 0 spiro atoms. The minimum Gasteiger partial charge on any atom is -0.383 e. The summed E-state index contributed by atoms with van der Waals surface area (Å²) < 4.78 is 1.35. The van der Waals surface area contributed by atoms with Gasteiger partial charge in [-0.15, -0.1) is 0 Å². The lowest BCUT2D eigenvalue weighted by Gasteiger charge is -2.25. The van der Waals surface area contributed by atoms with Crippen LogP contribution in [0.3, 0.4) is 0 Å². The molecule has 28 heavy (non-hydrogen) atoms. The fourth-order valence-electron chi connectivity index (χ4n) is 3.06. The molecular weight excluding hydrogens is 358 g/mol. The lowest BCUT2D eigenvalue weighted by Crippen LogP contribution is -2.43. The van der Waals surface area contributed by atoms with Gasteiger partial charge in [0.15, 0.2) is 0 Å². The molecule has 0 aliphatic rings. The number of hydrogen-bond donors (Lipinski definition) is 3. The second-order valence-corrected chi connectivity index (χ2v) is 6.71. The average Bonchev–Trinajstić information content (AvgIpc) is 2.67. The third-order valence-electron chi connectivity index (χ3n) is 4.66. The Hall–Kier alpha value is -3.03. The van der Waals surface area contributed by atoms with Gasteiger partial charge in [-0.05, 0) is 25.8 Å². The van der Waals surface area contributed by atoms with E-state index in [0.29, 0.717) is 13.1 Å². The molecule has 8 nitrogen and oxygen atoms in total. The molecule has 0 aliphatic heterocycles. The fraction of sp³-hybridized carbons (Fsp3) is 0.450. The number of H-pyrrole nitrogens is 1. The zero-order chi connectivity index (χ0) is 20.7. The highest BCUT2D eigenvalue weighted by molar-refractivity contribution is 5.82. The number of rotatable bonds is 9. The van der Waals surface area contributed by atoms with Crippen LogP contribution in [-0.2, 0) is 11.3 Å². The van der Waals surface area contributed by atoms with Crippen LogP contribution >= 0.6 is 0 Å². The minimum absolute atomic E-state index is 0.0348. The van der Waals surface area contributed by atoms with Crippen molar-refractivity contribution in [3.63, 3.8) is 0 Å². The van der Waals surface area contributed by atoms with Gasteiger partial charge in [-0.1, -0.05) is 43.7 Å². The van der Waals surface area contributed by atoms with E-state index in [1.165, 1.54) is 4.57 Å². The first-order chi connectivity index (χ1) is 13.4. The van der Waals surface area contributed by atoms with Crippen molar-refractivity contribution in [1.82, 2.24) is 14.9 Å². The molecular formula is C20H29N5O3. The molecule has 1 aromatic carbocycles. The number of amides is 1. The van der Waals surface area contributed by atoms with Gasteiger partial charge in [-0.25, -0.2) is 4.79 Å². The van der Waals surface area contributed by atoms with Crippen molar-refractivity contribution in [2.75, 3.05) is 23.7 Å². The summed E-state index contributed by atoms with van der Waals surface area (Å²) in [5, 5.41) is 2.93. The van der Waals surface area contributed by atoms with Gasteiger partial charge in [0.2, 0.25) is 5.91 Å². The van der Waals surface area contributed by atoms with Crippen LogP contribution in [0.15, 0.2) is 39.9 Å². The lowest BCUT2D eigenvalue weighted by atomic mass is 10.1. The maximum absolute atomic E-state index is 12.5. The normalized spacial score (nSPS) is 11.8. The summed E-state index contributed by atoms with van der Waals surface area (Å²) in [6.45, 7) is 6.51. The van der Waals surface area contributed by atoms with E-state index in [0.717, 1.165) is 18.4 Å². The Morgan fingerprint density at radius 1 is 1.25 bits per heavy atom. The molecule has 8 heteroatoms. The van der Waals surface area contributed by atoms with Crippen LogP contribution in [0.1, 0.15) is 45.2 Å². The maximum Gasteiger partial charge on any atom is 0.330 e. The number of nitrogens with zero attached hydrogens (tertiary/aromatic N) is 2. The highest BCUT2D eigenvalue weighted by Crippen LogP contribution is 2.17. The van der Waals surface area contributed by atoms with Crippen molar-refractivity contribution in [3.05, 3.63) is 56.7 Å². The molecule has 2 aromatic rings. The van der Waals surface area contributed by atoms with E-state index in [9.17, 15) is 14.4 Å². The Kier molecular flexibility index (Phi) is 7.43. The SMILES string of the molecule is CCCCn1c(N)c(N(CC)CC(=O)NC(C)c2ccccc2)c(=O)[nH]c1=O. The fourth-order valence-corrected chi connectivity index (χ4v) is 3.06. The lowest BCUT2D eigenvalue weighted by molar-refractivity contribution is -0.120. The average molecular weight is 387 g/mol. The van der Waals surface area contributed by atoms with Crippen molar-refractivity contribution in [2.45, 2.75) is 46.2 Å². The molecule has 152 valence electrons. The van der Waals surface area contributed by atoms with Crippen LogP contribution in [0.25, 0.3) is 0 Å². The first-order valence-electron chi connectivity index (χ1n) is 9.60. The van der Waals surface area contributed by atoms with Gasteiger partial charge in [0.25, 0.3) is 5.56 Å². The van der Waals surface area contributed by atoms with Crippen molar-refractivity contribution in [1.29, 1.82) is 0 Å². The van der Waals surface area contributed by atoms with Crippen LogP contribution in [0.5, 0.6) is 0 Å². The van der Waals surface area contributed by atoms with Gasteiger partial charge >= 0.3 is 5.69 Å². The molecule has 1 amide bonds. The highest BCUT2D eigenvalue weighted by Gasteiger charge is 2.20. The second-order valence-electron chi connectivity index (χ2n) is 6.71. The number of carbonyl (C=O) groups excluding carboxylic acids is 1. The molecule has 0 aliphatic carbocycles. The number of aromatic amines is 1. The molecule has 1 atom stereocenters. The molecule has 2 rings (SSSR count). The minimum atomic E-state index is -0.582. The zero-order valence-electron chi connectivity index (χ0n) is 16.7. The largest absolute Gasteiger partial charge is 0.383 e. The molecule has 0 fully saturated rings. The van der Waals surface area contributed by atoms with E-state index in [2.05, 4.69) is 10.3 Å². The summed E-state index contributed by atoms with van der Waals surface area (Å²) >= 11 is 0. The monoisotopic (exact) mass is 387 g/mol. The predicted octanol–water partition coefficient (Wildman–Crippen LogP) is 1.62. The van der Waals surface area contributed by atoms with Gasteiger partial charge in [-0.2, -0.15) is 0 Å². The number of likely N-dealkylation sites (N-methyl/N-ethyl adjacent to an activating group) is 1. The van der Waals surface area contributed by atoms with Gasteiger partial charge in [0.05, 0.1) is 12.6 Å². The van der Waals surface area contributed by atoms with E-state index < -0.39 is 11.2 Å². The number of aromatic nitrogens is 2. The number of nitrogens with two attached hydrogens (primary N) is 1. The summed E-state index contributed by atoms with van der Waals surface area (Å²) in [4.78, 5) is 40.9. The van der Waals surface area contributed by atoms with Gasteiger partial charge in [0, 0.05) is 13.1 Å². The standard InChI is InChI=1S/C20H29N5O3/c1-4-6-12-25-18(21)17(19(27)23-20(25)28)24(5-2)13-16(26)22-14(3)15-10-8-7-9-11-15/h7-11,14H,4-6,12-13,21H2,1-3H3,(H,22,26)(H,23,27,28). The summed E-state index contributed by atoms with van der Waals surface area (Å²) in [5.74, 6) is -0.142. The molecule has 1 aromatic heterocycles. The van der Waals surface area contributed by atoms with Crippen molar-refractivity contribution in [3.8, 4) is 0 Å². The quantitative estimate of drug-likeness (QED) is 0.605. The first-order valence-corrected chi connectivity index (χ1v) is 9.60. The Labute approximate surface area is 164 Å². The Morgan fingerprint density at radius 2 is 1.93 bits per heavy atom. The van der Waals surface area contributed by atoms with Gasteiger partial charge in [0.1, 0.15) is 11.5 Å². The second kappa shape index (κ2) is 9.77. The maximum atomic E-state index is 12.5. The van der Waals surface area contributed by atoms with Crippen LogP contribution in [0, 0.1) is 0 Å². The Balaban J connectivity index is 2.21. The third-order valence-corrected chi connectivity index (χ3v) is 4.66. The molecule has 4 N–H and O–H groups in total. The van der Waals surface area contributed by atoms with Crippen molar-refractivity contribution >= 4 is 17.4 Å². The number of benzene rings is 1. The molecule has 0 saturated heterocycles. The van der Waals surface area contributed by atoms with E-state index in [1.54, 1.807) is 4.90 Å². The topological polar surface area (TPSA) is 113 Å². The molecule has 0 saturated carbocycles. The highest BCUT2D eigenvalue weighted by atomic mass is 16.2. The van der Waals surface area contributed by atoms with Crippen LogP contribution in [0.4, 0.5) is 11.5 Å². The summed E-state index contributed by atoms with van der Waals surface area (Å²) in [5.41, 5.74) is 6.17. The van der Waals surface area contributed by atoms with E-state index in [1.807, 2.05) is 51.1 Å². The zero-order valence-corrected chi connectivity index (χ0v) is 16.7. The third kappa shape index (κ3) is 5.03. The van der Waals surface area contributed by atoms with Gasteiger partial charge in [-0.3, -0.25) is 19.1 Å². The molecule has 0 bridgehead atoms. The summed E-state index contributed by atoms with van der Waals surface area (Å²) in [6, 6.07) is 9.46. The number of carbonyl (C=O) groups is 1. The van der Waals surface area contributed by atoms with Crippen LogP contribution in [-0.4, -0.2) is 28.5 Å². The first kappa shape index (κ1) is 21.3. The number of anilines is 2. The predicted molar refractivity (Wildman–Crippen MR) is 112 cm³/mol. The van der Waals surface area contributed by atoms with E-state index >= 15 is 0 Å². The molecule has 1 unspecified atom stereocenters. The van der Waals surface area contributed by atoms with Crippen molar-refractivity contribution in [2.24, 2.45) is 0 Å². The summed E-state index contributed by atoms with van der Waals surface area (Å²) in [6.07, 6.45) is 1.65. The number of nitrogens with one attached hydrogen (secondary N) is 2. The van der Waals surface area contributed by atoms with E-state index in [-0.39, 0.29) is 30.0 Å². The van der Waals surface area contributed by atoms with E-state index in [4.69, 9.17) is 5.73 Å². The number of hydrogen-bond acceptors (Lipinski definition) is 5. The smallest absolute Gasteiger partial charge is 0.330 e. The van der Waals surface area contributed by atoms with Crippen LogP contribution in [0.2, 0.25) is 0 Å².